The molecule has 0 aliphatic carbocycles. The Morgan fingerprint density at radius 2 is 1.92 bits per heavy atom. The topological polar surface area (TPSA) is 12.9 Å². The standard InChI is InChI=1S/C22H24FNS/c1-3-4-5-6-7-17-11-13-25-22(17)18-10-12-24-21(15-18)19-9-8-16(2)14-20(19)23/h8-15H,3-7H2,1-2H3. The average Bonchev–Trinajstić information content (AvgIpc) is 3.07. The van der Waals surface area contributed by atoms with Crippen molar-refractivity contribution in [3.8, 4) is 21.7 Å². The first-order valence-corrected chi connectivity index (χ1v) is 9.86. The normalized spacial score (nSPS) is 11.0. The van der Waals surface area contributed by atoms with E-state index in [0.717, 1.165) is 17.5 Å². The molecule has 1 nitrogen and oxygen atoms in total. The molecule has 3 heteroatoms. The van der Waals surface area contributed by atoms with Gasteiger partial charge in [0.15, 0.2) is 0 Å². The summed E-state index contributed by atoms with van der Waals surface area (Å²) in [6, 6.07) is 11.6. The van der Waals surface area contributed by atoms with Crippen LogP contribution >= 0.6 is 11.3 Å². The molecule has 0 spiro atoms. The Morgan fingerprint density at radius 3 is 2.72 bits per heavy atom. The van der Waals surface area contributed by atoms with Gasteiger partial charge in [0.25, 0.3) is 0 Å². The van der Waals surface area contributed by atoms with Gasteiger partial charge in [-0.3, -0.25) is 4.98 Å². The highest BCUT2D eigenvalue weighted by atomic mass is 32.1. The molecule has 0 radical (unpaired) electrons. The molecule has 2 aromatic heterocycles. The average molecular weight is 354 g/mol. The third-order valence-corrected chi connectivity index (χ3v) is 5.47. The molecule has 3 rings (SSSR count). The molecular formula is C22H24FNS. The Hall–Kier alpha value is -2.00. The number of nitrogens with zero attached hydrogens (tertiary/aromatic N) is 1. The number of thiophene rings is 1. The van der Waals surface area contributed by atoms with Gasteiger partial charge in [-0.1, -0.05) is 32.3 Å². The Labute approximate surface area is 153 Å². The second-order valence-corrected chi connectivity index (χ2v) is 7.41. The van der Waals surface area contributed by atoms with Gasteiger partial charge in [0.05, 0.1) is 5.69 Å². The number of aryl methyl sites for hydroxylation is 2. The minimum absolute atomic E-state index is 0.212. The zero-order valence-electron chi connectivity index (χ0n) is 14.9. The zero-order chi connectivity index (χ0) is 17.6. The SMILES string of the molecule is CCCCCCc1ccsc1-c1ccnc(-c2ccc(C)cc2F)c1. The lowest BCUT2D eigenvalue weighted by atomic mass is 10.0. The molecule has 0 N–H and O–H groups in total. The summed E-state index contributed by atoms with van der Waals surface area (Å²) < 4.78 is 14.3. The number of hydrogen-bond donors (Lipinski definition) is 0. The molecule has 0 fully saturated rings. The number of halogens is 1. The maximum atomic E-state index is 14.3. The fourth-order valence-corrected chi connectivity index (χ4v) is 4.03. The maximum Gasteiger partial charge on any atom is 0.132 e. The summed E-state index contributed by atoms with van der Waals surface area (Å²) in [6.07, 6.45) is 7.95. The smallest absolute Gasteiger partial charge is 0.132 e. The fraction of sp³-hybridized carbons (Fsp3) is 0.318. The zero-order valence-corrected chi connectivity index (χ0v) is 15.7. The van der Waals surface area contributed by atoms with Crippen molar-refractivity contribution >= 4 is 11.3 Å². The predicted octanol–water partition coefficient (Wildman–Crippen LogP) is 7.05. The van der Waals surface area contributed by atoms with Crippen molar-refractivity contribution < 1.29 is 4.39 Å². The third kappa shape index (κ3) is 4.35. The number of benzene rings is 1. The van der Waals surface area contributed by atoms with Crippen molar-refractivity contribution in [2.24, 2.45) is 0 Å². The van der Waals surface area contributed by atoms with Crippen LogP contribution < -0.4 is 0 Å². The molecule has 0 atom stereocenters. The highest BCUT2D eigenvalue weighted by Gasteiger charge is 2.11. The van der Waals surface area contributed by atoms with Crippen LogP contribution in [0.5, 0.6) is 0 Å². The van der Waals surface area contributed by atoms with E-state index in [4.69, 9.17) is 0 Å². The van der Waals surface area contributed by atoms with E-state index in [1.807, 2.05) is 31.2 Å². The Balaban J connectivity index is 1.86. The summed E-state index contributed by atoms with van der Waals surface area (Å²) in [5.74, 6) is -0.212. The summed E-state index contributed by atoms with van der Waals surface area (Å²) in [6.45, 7) is 4.13. The molecule has 130 valence electrons. The number of hydrogen-bond acceptors (Lipinski definition) is 2. The lowest BCUT2D eigenvalue weighted by Gasteiger charge is -2.08. The van der Waals surface area contributed by atoms with Gasteiger partial charge in [0.2, 0.25) is 0 Å². The van der Waals surface area contributed by atoms with E-state index < -0.39 is 0 Å². The molecule has 1 aromatic carbocycles. The second-order valence-electron chi connectivity index (χ2n) is 6.50. The van der Waals surface area contributed by atoms with Crippen molar-refractivity contribution in [3.63, 3.8) is 0 Å². The van der Waals surface area contributed by atoms with Crippen molar-refractivity contribution in [1.29, 1.82) is 0 Å². The van der Waals surface area contributed by atoms with Crippen molar-refractivity contribution in [3.05, 3.63) is 64.9 Å². The Morgan fingerprint density at radius 1 is 1.04 bits per heavy atom. The monoisotopic (exact) mass is 353 g/mol. The predicted molar refractivity (Wildman–Crippen MR) is 106 cm³/mol. The van der Waals surface area contributed by atoms with Crippen molar-refractivity contribution in [1.82, 2.24) is 4.98 Å². The molecule has 0 amide bonds. The van der Waals surface area contributed by atoms with E-state index in [9.17, 15) is 4.39 Å². The molecular weight excluding hydrogens is 329 g/mol. The quantitative estimate of drug-likeness (QED) is 0.415. The summed E-state index contributed by atoms with van der Waals surface area (Å²) in [7, 11) is 0. The molecule has 0 unspecified atom stereocenters. The molecule has 2 heterocycles. The molecule has 3 aromatic rings. The van der Waals surface area contributed by atoms with E-state index in [1.165, 1.54) is 36.1 Å². The lowest BCUT2D eigenvalue weighted by Crippen LogP contribution is -1.91. The van der Waals surface area contributed by atoms with Crippen LogP contribution in [-0.4, -0.2) is 4.98 Å². The number of pyridine rings is 1. The van der Waals surface area contributed by atoms with Gasteiger partial charge in [-0.25, -0.2) is 4.39 Å². The summed E-state index contributed by atoms with van der Waals surface area (Å²) >= 11 is 1.76. The van der Waals surface area contributed by atoms with Gasteiger partial charge in [0.1, 0.15) is 5.82 Å². The molecule has 0 saturated heterocycles. The van der Waals surface area contributed by atoms with E-state index in [0.29, 0.717) is 11.3 Å². The fourth-order valence-electron chi connectivity index (χ4n) is 3.08. The summed E-state index contributed by atoms with van der Waals surface area (Å²) in [5.41, 5.74) is 4.70. The van der Waals surface area contributed by atoms with Crippen LogP contribution in [0.4, 0.5) is 4.39 Å². The lowest BCUT2D eigenvalue weighted by molar-refractivity contribution is 0.629. The van der Waals surface area contributed by atoms with E-state index >= 15 is 0 Å². The minimum Gasteiger partial charge on any atom is -0.256 e. The summed E-state index contributed by atoms with van der Waals surface area (Å²) in [4.78, 5) is 5.68. The largest absolute Gasteiger partial charge is 0.256 e. The van der Waals surface area contributed by atoms with Gasteiger partial charge in [-0.2, -0.15) is 0 Å². The van der Waals surface area contributed by atoms with Crippen LogP contribution in [0.25, 0.3) is 21.7 Å². The molecule has 0 aliphatic heterocycles. The van der Waals surface area contributed by atoms with Gasteiger partial charge < -0.3 is 0 Å². The van der Waals surface area contributed by atoms with Gasteiger partial charge in [-0.15, -0.1) is 11.3 Å². The first-order valence-electron chi connectivity index (χ1n) is 8.98. The first-order chi connectivity index (χ1) is 12.2. The van der Waals surface area contributed by atoms with E-state index in [1.54, 1.807) is 23.6 Å². The van der Waals surface area contributed by atoms with Crippen LogP contribution in [-0.2, 0) is 6.42 Å². The van der Waals surface area contributed by atoms with Crippen molar-refractivity contribution in [2.45, 2.75) is 46.0 Å². The Bertz CT molecular complexity index is 838. The van der Waals surface area contributed by atoms with Crippen LogP contribution in [0.2, 0.25) is 0 Å². The van der Waals surface area contributed by atoms with Crippen molar-refractivity contribution in [2.75, 3.05) is 0 Å². The highest BCUT2D eigenvalue weighted by molar-refractivity contribution is 7.13. The van der Waals surface area contributed by atoms with Crippen LogP contribution in [0.15, 0.2) is 48.0 Å². The Kier molecular flexibility index (Phi) is 5.98. The molecule has 0 bridgehead atoms. The van der Waals surface area contributed by atoms with E-state index in [-0.39, 0.29) is 5.82 Å². The van der Waals surface area contributed by atoms with Crippen LogP contribution in [0.3, 0.4) is 0 Å². The third-order valence-electron chi connectivity index (χ3n) is 4.47. The molecule has 0 saturated carbocycles. The highest BCUT2D eigenvalue weighted by Crippen LogP contribution is 2.33. The van der Waals surface area contributed by atoms with Gasteiger partial charge >= 0.3 is 0 Å². The first kappa shape index (κ1) is 17.8. The number of aromatic nitrogens is 1. The molecule has 0 aliphatic rings. The summed E-state index contributed by atoms with van der Waals surface area (Å²) in [5, 5.41) is 2.15. The van der Waals surface area contributed by atoms with Gasteiger partial charge in [-0.05, 0) is 72.2 Å². The molecule has 25 heavy (non-hydrogen) atoms. The minimum atomic E-state index is -0.212. The second kappa shape index (κ2) is 8.39. The number of unbranched alkanes of at least 4 members (excludes halogenated alkanes) is 3. The van der Waals surface area contributed by atoms with Crippen LogP contribution in [0, 0.1) is 12.7 Å². The maximum absolute atomic E-state index is 14.3. The van der Waals surface area contributed by atoms with Gasteiger partial charge in [0, 0.05) is 16.6 Å². The van der Waals surface area contributed by atoms with Crippen LogP contribution in [0.1, 0.15) is 43.7 Å². The number of rotatable bonds is 7. The van der Waals surface area contributed by atoms with E-state index in [2.05, 4.69) is 23.4 Å².